The minimum Gasteiger partial charge on any atom is -0.282 e. The molecule has 0 amide bonds. The van der Waals surface area contributed by atoms with E-state index in [1.165, 1.54) is 24.3 Å². The van der Waals surface area contributed by atoms with Crippen LogP contribution in [0.4, 0.5) is 0 Å². The van der Waals surface area contributed by atoms with Gasteiger partial charge in [0, 0.05) is 15.2 Å². The lowest BCUT2D eigenvalue weighted by Crippen LogP contribution is -2.10. The maximum absolute atomic E-state index is 14.1. The van der Waals surface area contributed by atoms with E-state index < -0.39 is 99.0 Å². The molecule has 0 aliphatic rings. The van der Waals surface area contributed by atoms with Crippen molar-refractivity contribution in [2.24, 2.45) is 0 Å². The fourth-order valence-corrected chi connectivity index (χ4v) is 13.1. The molecule has 6 rings (SSSR count). The van der Waals surface area contributed by atoms with Gasteiger partial charge in [0.1, 0.15) is 4.90 Å². The fraction of sp³-hybridized carbons (Fsp3) is 0. The average molecular weight is 988 g/mol. The van der Waals surface area contributed by atoms with E-state index in [0.29, 0.717) is 42.3 Å². The van der Waals surface area contributed by atoms with Gasteiger partial charge in [-0.1, -0.05) is 45.4 Å². The molecule has 0 saturated carbocycles. The minimum atomic E-state index is -5.08. The van der Waals surface area contributed by atoms with Crippen LogP contribution in [-0.2, 0) is 68.5 Å². The van der Waals surface area contributed by atoms with Crippen LogP contribution in [0.25, 0.3) is 21.5 Å². The van der Waals surface area contributed by atoms with Crippen LogP contribution in [0.2, 0.25) is 10.0 Å². The predicted octanol–water partition coefficient (Wildman–Crippen LogP) is 7.15. The van der Waals surface area contributed by atoms with Gasteiger partial charge in [0.05, 0.1) is 68.4 Å². The molecule has 0 fully saturated rings. The Kier molecular flexibility index (Phi) is 12.8. The number of hydrogen-bond donors (Lipinski definition) is 4. The molecule has 27 heteroatoms. The molecule has 0 heterocycles. The summed E-state index contributed by atoms with van der Waals surface area (Å²) in [5.41, 5.74) is 0. The molecule has 0 unspecified atom stereocenters. The largest absolute Gasteiger partial charge is 0.295 e. The zero-order valence-electron chi connectivity index (χ0n) is 28.4. The molecule has 59 heavy (non-hydrogen) atoms. The van der Waals surface area contributed by atoms with Crippen molar-refractivity contribution in [1.82, 2.24) is 0 Å². The molecule has 6 aromatic rings. The molecule has 0 aliphatic carbocycles. The second-order valence-corrected chi connectivity index (χ2v) is 22.6. The quantitative estimate of drug-likeness (QED) is 0.0365. The average Bonchev–Trinajstić information content (AvgIpc) is 3.17. The molecular formula is C32H20Cl2O18S7. The van der Waals surface area contributed by atoms with Crippen LogP contribution >= 0.6 is 47.3 Å². The summed E-state index contributed by atoms with van der Waals surface area (Å²) in [5.74, 6) is 0. The lowest BCUT2D eigenvalue weighted by molar-refractivity contribution is -0.432. The summed E-state index contributed by atoms with van der Waals surface area (Å²) in [6, 6.07) is 15.5. The molecule has 0 saturated heterocycles. The Balaban J connectivity index is 1.46. The van der Waals surface area contributed by atoms with Gasteiger partial charge in [0.15, 0.2) is 0 Å². The summed E-state index contributed by atoms with van der Waals surface area (Å²) in [5, 5.41) is 23.2. The van der Waals surface area contributed by atoms with E-state index in [9.17, 15) is 51.2 Å². The Hall–Kier alpha value is -3.45. The molecule has 0 bridgehead atoms. The van der Waals surface area contributed by atoms with E-state index in [-0.39, 0.29) is 31.3 Å². The van der Waals surface area contributed by atoms with E-state index in [4.69, 9.17) is 33.7 Å². The zero-order valence-corrected chi connectivity index (χ0v) is 35.6. The fourth-order valence-electron chi connectivity index (χ4n) is 5.59. The van der Waals surface area contributed by atoms with E-state index in [1.807, 2.05) is 0 Å². The maximum Gasteiger partial charge on any atom is 0.295 e. The molecule has 0 atom stereocenters. The van der Waals surface area contributed by atoms with Gasteiger partial charge in [-0.3, -0.25) is 9.11 Å². The van der Waals surface area contributed by atoms with Crippen LogP contribution in [0.5, 0.6) is 0 Å². The molecule has 0 aliphatic heterocycles. The third-order valence-corrected chi connectivity index (χ3v) is 17.4. The maximum atomic E-state index is 14.1. The number of halogens is 2. The third kappa shape index (κ3) is 9.12. The zero-order chi connectivity index (χ0) is 43.3. The van der Waals surface area contributed by atoms with Crippen molar-refractivity contribution in [1.29, 1.82) is 0 Å². The summed E-state index contributed by atoms with van der Waals surface area (Å²) in [7, 11) is -24.5. The van der Waals surface area contributed by atoms with Gasteiger partial charge in [0.25, 0.3) is 20.2 Å². The highest BCUT2D eigenvalue weighted by molar-refractivity contribution is 7.95. The highest BCUT2D eigenvalue weighted by Crippen LogP contribution is 2.40. The second-order valence-electron chi connectivity index (χ2n) is 11.7. The summed E-state index contributed by atoms with van der Waals surface area (Å²) in [4.78, 5) is -5.78. The van der Waals surface area contributed by atoms with Gasteiger partial charge in [0.2, 0.25) is 29.5 Å². The van der Waals surface area contributed by atoms with Gasteiger partial charge in [-0.25, -0.2) is 35.8 Å². The van der Waals surface area contributed by atoms with Crippen LogP contribution < -0.4 is 0 Å². The number of fused-ring (bicyclic) bond motifs is 2. The Morgan fingerprint density at radius 2 is 0.898 bits per heavy atom. The monoisotopic (exact) mass is 986 g/mol. The second kappa shape index (κ2) is 16.8. The summed E-state index contributed by atoms with van der Waals surface area (Å²) in [6.07, 6.45) is 0. The number of sulfone groups is 3. The van der Waals surface area contributed by atoms with Crippen molar-refractivity contribution >= 4 is 119 Å². The van der Waals surface area contributed by atoms with Gasteiger partial charge < -0.3 is 0 Å². The summed E-state index contributed by atoms with van der Waals surface area (Å²) >= 11 is 13.3. The van der Waals surface area contributed by atoms with Crippen LogP contribution in [0, 0.1) is 0 Å². The molecule has 0 spiro atoms. The minimum absolute atomic E-state index is 0.0634. The first-order valence-electron chi connectivity index (χ1n) is 15.2. The van der Waals surface area contributed by atoms with Gasteiger partial charge >= 0.3 is 0 Å². The number of rotatable bonds is 14. The molecule has 312 valence electrons. The van der Waals surface area contributed by atoms with Gasteiger partial charge in [-0.15, -0.1) is 8.67 Å². The van der Waals surface area contributed by atoms with Crippen molar-refractivity contribution in [2.45, 2.75) is 49.0 Å². The first-order valence-corrected chi connectivity index (χ1v) is 24.8. The van der Waals surface area contributed by atoms with Crippen LogP contribution in [-0.4, -0.2) is 61.7 Å². The highest BCUT2D eigenvalue weighted by Gasteiger charge is 2.31. The Bertz CT molecular complexity index is 3270. The van der Waals surface area contributed by atoms with E-state index >= 15 is 0 Å². The van der Waals surface area contributed by atoms with E-state index in [2.05, 4.69) is 18.7 Å². The Morgan fingerprint density at radius 1 is 0.441 bits per heavy atom. The molecule has 0 aromatic heterocycles. The molecule has 6 aromatic carbocycles. The van der Waals surface area contributed by atoms with Crippen molar-refractivity contribution < 1.29 is 80.5 Å². The Labute approximate surface area is 352 Å². The normalized spacial score (nSPS) is 13.0. The van der Waals surface area contributed by atoms with Gasteiger partial charge in [-0.2, -0.15) is 16.8 Å². The van der Waals surface area contributed by atoms with Crippen molar-refractivity contribution in [3.8, 4) is 0 Å². The molecule has 0 radical (unpaired) electrons. The molecular weight excluding hydrogens is 968 g/mol. The van der Waals surface area contributed by atoms with E-state index in [1.54, 1.807) is 0 Å². The highest BCUT2D eigenvalue weighted by atomic mass is 35.5. The third-order valence-electron chi connectivity index (χ3n) is 8.24. The summed E-state index contributed by atoms with van der Waals surface area (Å²) in [6.45, 7) is 0. The van der Waals surface area contributed by atoms with Crippen LogP contribution in [0.15, 0.2) is 146 Å². The standard InChI is InChI=1S/C32H20Cl2O18S7/c33-27-7-3-20(14-31(27)56(39,40)23-12-18-10-22(58(43,44)45)2-6-25(18)29(13-23)54-52-50-36)55(37,38)21-4-8-28(34)32(15-21)57(41,42)24-11-17-9-19(53-51-49-35)1-5-26(17)30(16-24)59(46,47)48/h1-16,35-36H,(H,43,44,45)(H,46,47,48). The van der Waals surface area contributed by atoms with Crippen LogP contribution in [0.1, 0.15) is 0 Å². The topological polar surface area (TPSA) is 289 Å². The van der Waals surface area contributed by atoms with Crippen molar-refractivity contribution in [2.75, 3.05) is 0 Å². The lowest BCUT2D eigenvalue weighted by Gasteiger charge is -2.14. The molecule has 18 nitrogen and oxygen atoms in total. The predicted molar refractivity (Wildman–Crippen MR) is 208 cm³/mol. The first kappa shape index (κ1) is 45.1. The summed E-state index contributed by atoms with van der Waals surface area (Å²) < 4.78 is 161. The Morgan fingerprint density at radius 3 is 1.42 bits per heavy atom. The van der Waals surface area contributed by atoms with Gasteiger partial charge in [-0.05, 0) is 101 Å². The molecule has 4 N–H and O–H groups in total. The first-order chi connectivity index (χ1) is 27.5. The van der Waals surface area contributed by atoms with Crippen molar-refractivity contribution in [3.05, 3.63) is 107 Å². The smallest absolute Gasteiger partial charge is 0.282 e. The number of benzene rings is 6. The lowest BCUT2D eigenvalue weighted by atomic mass is 10.1. The van der Waals surface area contributed by atoms with Crippen LogP contribution in [0.3, 0.4) is 0 Å². The van der Waals surface area contributed by atoms with Crippen molar-refractivity contribution in [3.63, 3.8) is 0 Å². The van der Waals surface area contributed by atoms with E-state index in [0.717, 1.165) is 54.6 Å². The SMILES string of the molecule is O=S(=O)(O)c1ccc2c(SOOO)cc(S(=O)(=O)c3cc(S(=O)(=O)c4ccc(Cl)c(S(=O)(=O)c5cc(S(=O)(=O)O)c6ccc(SOOO)cc6c5)c4)ccc3Cl)cc2c1. The number of hydrogen-bond acceptors (Lipinski definition) is 18.